The monoisotopic (exact) mass is 442 g/mol. The second-order valence-electron chi connectivity index (χ2n) is 6.09. The Morgan fingerprint density at radius 3 is 2.45 bits per heavy atom. The highest BCUT2D eigenvalue weighted by Crippen LogP contribution is 2.26. The number of rotatable bonds is 7. The maximum atomic E-state index is 12.2. The highest BCUT2D eigenvalue weighted by atomic mass is 32.2. The van der Waals surface area contributed by atoms with Crippen molar-refractivity contribution in [3.8, 4) is 0 Å². The van der Waals surface area contributed by atoms with Crippen LogP contribution in [0.2, 0.25) is 0 Å². The molecule has 0 bridgehead atoms. The van der Waals surface area contributed by atoms with Gasteiger partial charge in [0.15, 0.2) is 5.17 Å². The van der Waals surface area contributed by atoms with Gasteiger partial charge < -0.3 is 10.6 Å². The molecule has 2 amide bonds. The molecule has 1 saturated heterocycles. The SMILES string of the molecule is O=C(C[C@H]1S/C(=N\N=C/c2ccccc2[N+](=O)[O-])NC1=O)Nc1ccccc1[N+](=O)[O-]. The number of benzene rings is 2. The van der Waals surface area contributed by atoms with E-state index in [0.717, 1.165) is 11.8 Å². The summed E-state index contributed by atoms with van der Waals surface area (Å²) in [6.07, 6.45) is 0.946. The topological polar surface area (TPSA) is 169 Å². The third-order valence-electron chi connectivity index (χ3n) is 4.00. The molecule has 0 radical (unpaired) electrons. The summed E-state index contributed by atoms with van der Waals surface area (Å²) in [5, 5.41) is 33.8. The Morgan fingerprint density at radius 1 is 1.10 bits per heavy atom. The normalized spacial score (nSPS) is 17.0. The van der Waals surface area contributed by atoms with E-state index in [1.165, 1.54) is 42.6 Å². The molecule has 13 heteroatoms. The molecular formula is C18H14N6O6S. The number of nitrogens with one attached hydrogen (secondary N) is 2. The first-order valence-electron chi connectivity index (χ1n) is 8.70. The van der Waals surface area contributed by atoms with Crippen LogP contribution in [0, 0.1) is 20.2 Å². The molecule has 1 aliphatic heterocycles. The van der Waals surface area contributed by atoms with Crippen molar-refractivity contribution < 1.29 is 19.4 Å². The predicted octanol–water partition coefficient (Wildman–Crippen LogP) is 2.45. The minimum Gasteiger partial charge on any atom is -0.320 e. The number of thioether (sulfide) groups is 1. The van der Waals surface area contributed by atoms with Crippen molar-refractivity contribution in [2.24, 2.45) is 10.2 Å². The van der Waals surface area contributed by atoms with Gasteiger partial charge in [-0.05, 0) is 12.1 Å². The Balaban J connectivity index is 1.62. The average Bonchev–Trinajstić information content (AvgIpc) is 3.07. The van der Waals surface area contributed by atoms with Crippen molar-refractivity contribution in [2.45, 2.75) is 11.7 Å². The molecule has 31 heavy (non-hydrogen) atoms. The summed E-state index contributed by atoms with van der Waals surface area (Å²) in [6, 6.07) is 11.6. The summed E-state index contributed by atoms with van der Waals surface area (Å²) >= 11 is 0.961. The zero-order valence-corrected chi connectivity index (χ0v) is 16.4. The standard InChI is InChI=1S/C18H14N6O6S/c25-16(20-12-6-2-4-8-14(12)24(29)30)9-15-17(26)21-18(31-15)22-19-10-11-5-1-3-7-13(11)23(27)28/h1-8,10,15H,9H2,(H,20,25)(H,21,22,26)/b19-10-/t15-/m1/s1. The van der Waals surface area contributed by atoms with Crippen molar-refractivity contribution in [3.63, 3.8) is 0 Å². The third kappa shape index (κ3) is 5.48. The first-order valence-corrected chi connectivity index (χ1v) is 9.58. The van der Waals surface area contributed by atoms with Gasteiger partial charge in [0.2, 0.25) is 11.8 Å². The second-order valence-corrected chi connectivity index (χ2v) is 7.28. The Hall–Kier alpha value is -4.13. The van der Waals surface area contributed by atoms with Crippen LogP contribution in [0.15, 0.2) is 58.7 Å². The molecule has 1 aliphatic rings. The van der Waals surface area contributed by atoms with Crippen molar-refractivity contribution in [2.75, 3.05) is 5.32 Å². The fraction of sp³-hybridized carbons (Fsp3) is 0.111. The van der Waals surface area contributed by atoms with E-state index in [0.29, 0.717) is 0 Å². The zero-order chi connectivity index (χ0) is 22.4. The quantitative estimate of drug-likeness (QED) is 0.377. The molecule has 12 nitrogen and oxygen atoms in total. The largest absolute Gasteiger partial charge is 0.320 e. The predicted molar refractivity (Wildman–Crippen MR) is 114 cm³/mol. The van der Waals surface area contributed by atoms with Crippen LogP contribution >= 0.6 is 11.8 Å². The van der Waals surface area contributed by atoms with Crippen molar-refractivity contribution in [1.82, 2.24) is 5.32 Å². The Morgan fingerprint density at radius 2 is 1.74 bits per heavy atom. The fourth-order valence-corrected chi connectivity index (χ4v) is 3.53. The number of carbonyl (C=O) groups is 2. The molecule has 2 N–H and O–H groups in total. The lowest BCUT2D eigenvalue weighted by atomic mass is 10.2. The molecule has 0 saturated carbocycles. The minimum absolute atomic E-state index is 0.0313. The number of nitro groups is 2. The van der Waals surface area contributed by atoms with E-state index in [-0.39, 0.29) is 34.2 Å². The molecule has 1 fully saturated rings. The highest BCUT2D eigenvalue weighted by Gasteiger charge is 2.32. The minimum atomic E-state index is -0.803. The Bertz CT molecular complexity index is 1120. The number of para-hydroxylation sites is 3. The highest BCUT2D eigenvalue weighted by molar-refractivity contribution is 8.15. The van der Waals surface area contributed by atoms with E-state index in [9.17, 15) is 29.8 Å². The third-order valence-corrected chi connectivity index (χ3v) is 5.07. The maximum absolute atomic E-state index is 12.2. The van der Waals surface area contributed by atoms with Gasteiger partial charge in [0, 0.05) is 18.6 Å². The van der Waals surface area contributed by atoms with Gasteiger partial charge in [0.05, 0.1) is 21.6 Å². The number of carbonyl (C=O) groups excluding carboxylic acids is 2. The van der Waals surface area contributed by atoms with E-state index in [1.807, 2.05) is 0 Å². The van der Waals surface area contributed by atoms with E-state index >= 15 is 0 Å². The number of amidine groups is 1. The molecule has 2 aromatic carbocycles. The maximum Gasteiger partial charge on any atom is 0.292 e. The second kappa shape index (κ2) is 9.58. The molecule has 0 aromatic heterocycles. The summed E-state index contributed by atoms with van der Waals surface area (Å²) in [4.78, 5) is 45.2. The molecule has 2 aromatic rings. The average molecular weight is 442 g/mol. The summed E-state index contributed by atoms with van der Waals surface area (Å²) < 4.78 is 0. The summed E-state index contributed by atoms with van der Waals surface area (Å²) in [7, 11) is 0. The van der Waals surface area contributed by atoms with Gasteiger partial charge in [0.25, 0.3) is 11.4 Å². The van der Waals surface area contributed by atoms with E-state index in [1.54, 1.807) is 12.1 Å². The lowest BCUT2D eigenvalue weighted by Crippen LogP contribution is -2.28. The van der Waals surface area contributed by atoms with Crippen molar-refractivity contribution in [3.05, 3.63) is 74.3 Å². The van der Waals surface area contributed by atoms with Crippen LogP contribution in [0.1, 0.15) is 12.0 Å². The number of hydrogen-bond acceptors (Lipinski definition) is 9. The molecule has 3 rings (SSSR count). The zero-order valence-electron chi connectivity index (χ0n) is 15.6. The van der Waals surface area contributed by atoms with Gasteiger partial charge in [-0.3, -0.25) is 29.8 Å². The lowest BCUT2D eigenvalue weighted by Gasteiger charge is -2.07. The summed E-state index contributed by atoms with van der Waals surface area (Å²) in [5.74, 6) is -1.05. The molecule has 158 valence electrons. The van der Waals surface area contributed by atoms with Gasteiger partial charge in [0.1, 0.15) is 10.9 Å². The molecular weight excluding hydrogens is 428 g/mol. The van der Waals surface area contributed by atoms with Gasteiger partial charge in [-0.25, -0.2) is 0 Å². The number of amides is 2. The van der Waals surface area contributed by atoms with Crippen molar-refractivity contribution >= 4 is 52.0 Å². The molecule has 1 heterocycles. The summed E-state index contributed by atoms with van der Waals surface area (Å²) in [5.41, 5.74) is -0.125. The number of hydrogen-bond donors (Lipinski definition) is 2. The van der Waals surface area contributed by atoms with Gasteiger partial charge in [-0.15, -0.1) is 5.10 Å². The number of nitrogens with zero attached hydrogens (tertiary/aromatic N) is 4. The molecule has 0 aliphatic carbocycles. The van der Waals surface area contributed by atoms with E-state index < -0.39 is 26.9 Å². The number of nitro benzene ring substituents is 2. The molecule has 0 spiro atoms. The smallest absolute Gasteiger partial charge is 0.292 e. The van der Waals surface area contributed by atoms with Crippen LogP contribution in [0.3, 0.4) is 0 Å². The number of anilines is 1. The van der Waals surface area contributed by atoms with Crippen LogP contribution in [0.5, 0.6) is 0 Å². The van der Waals surface area contributed by atoms with Crippen LogP contribution in [-0.2, 0) is 9.59 Å². The van der Waals surface area contributed by atoms with Crippen molar-refractivity contribution in [1.29, 1.82) is 0 Å². The Kier molecular flexibility index (Phi) is 6.67. The van der Waals surface area contributed by atoms with Crippen LogP contribution in [0.4, 0.5) is 17.1 Å². The van der Waals surface area contributed by atoms with Crippen LogP contribution in [0.25, 0.3) is 0 Å². The Labute approximate surface area is 178 Å². The molecule has 0 unspecified atom stereocenters. The lowest BCUT2D eigenvalue weighted by molar-refractivity contribution is -0.385. The van der Waals surface area contributed by atoms with Gasteiger partial charge in [-0.1, -0.05) is 36.0 Å². The van der Waals surface area contributed by atoms with Gasteiger partial charge >= 0.3 is 0 Å². The summed E-state index contributed by atoms with van der Waals surface area (Å²) in [6.45, 7) is 0. The van der Waals surface area contributed by atoms with Crippen LogP contribution < -0.4 is 10.6 Å². The molecule has 1 atom stereocenters. The van der Waals surface area contributed by atoms with E-state index in [2.05, 4.69) is 20.8 Å². The van der Waals surface area contributed by atoms with Gasteiger partial charge in [-0.2, -0.15) is 5.10 Å². The first-order chi connectivity index (χ1) is 14.8. The first kappa shape index (κ1) is 21.6. The van der Waals surface area contributed by atoms with Crippen LogP contribution in [-0.4, -0.2) is 38.3 Å². The van der Waals surface area contributed by atoms with E-state index in [4.69, 9.17) is 0 Å². The fourth-order valence-electron chi connectivity index (χ4n) is 2.60.